The molecule has 35 heavy (non-hydrogen) atoms. The summed E-state index contributed by atoms with van der Waals surface area (Å²) in [4.78, 5) is 25.1. The first-order valence-electron chi connectivity index (χ1n) is 10.8. The number of carbonyl (C=O) groups excluding carboxylic acids is 2. The molecule has 1 atom stereocenters. The minimum atomic E-state index is -4.49. The van der Waals surface area contributed by atoms with Gasteiger partial charge in [-0.3, -0.25) is 9.59 Å². The largest absolute Gasteiger partial charge is 0.416 e. The van der Waals surface area contributed by atoms with Crippen molar-refractivity contribution < 1.29 is 22.8 Å². The molecule has 1 heterocycles. The SMILES string of the molecule is Cc1cccc(C(=O)N[C@@H](c2nnc(SCC(=O)Nc3cccc(C(F)(F)F)c3)n2C)C(C)C)c1. The fraction of sp³-hybridized carbons (Fsp3) is 0.333. The Hall–Kier alpha value is -3.34. The quantitative estimate of drug-likeness (QED) is 0.421. The Morgan fingerprint density at radius 1 is 1.09 bits per heavy atom. The number of amides is 2. The molecule has 3 rings (SSSR count). The molecule has 3 aromatic rings. The second kappa shape index (κ2) is 10.9. The first-order valence-corrected chi connectivity index (χ1v) is 11.8. The summed E-state index contributed by atoms with van der Waals surface area (Å²) in [7, 11) is 1.73. The zero-order valence-corrected chi connectivity index (χ0v) is 20.5. The summed E-state index contributed by atoms with van der Waals surface area (Å²) in [5.74, 6) is -0.253. The number of halogens is 3. The number of thioether (sulfide) groups is 1. The van der Waals surface area contributed by atoms with Gasteiger partial charge in [-0.15, -0.1) is 10.2 Å². The molecule has 7 nitrogen and oxygen atoms in total. The van der Waals surface area contributed by atoms with Gasteiger partial charge in [0.05, 0.1) is 17.4 Å². The first kappa shape index (κ1) is 26.3. The molecule has 0 saturated carbocycles. The van der Waals surface area contributed by atoms with Gasteiger partial charge >= 0.3 is 6.18 Å². The number of anilines is 1. The van der Waals surface area contributed by atoms with Crippen LogP contribution in [0, 0.1) is 12.8 Å². The Balaban J connectivity index is 1.66. The maximum Gasteiger partial charge on any atom is 0.416 e. The summed E-state index contributed by atoms with van der Waals surface area (Å²) in [5.41, 5.74) is 0.731. The van der Waals surface area contributed by atoms with Crippen molar-refractivity contribution in [1.82, 2.24) is 20.1 Å². The van der Waals surface area contributed by atoms with Gasteiger partial charge in [-0.25, -0.2) is 0 Å². The van der Waals surface area contributed by atoms with E-state index in [0.717, 1.165) is 29.5 Å². The number of hydrogen-bond donors (Lipinski definition) is 2. The fourth-order valence-corrected chi connectivity index (χ4v) is 4.08. The first-order chi connectivity index (χ1) is 16.5. The van der Waals surface area contributed by atoms with Gasteiger partial charge in [0.2, 0.25) is 5.91 Å². The van der Waals surface area contributed by atoms with Gasteiger partial charge in [0.25, 0.3) is 5.91 Å². The standard InChI is InChI=1S/C24H26F3N5O2S/c1-14(2)20(29-22(34)16-8-5-7-15(3)11-16)21-30-31-23(32(21)4)35-13-19(33)28-18-10-6-9-17(12-18)24(25,26)27/h5-12,14,20H,13H2,1-4H3,(H,28,33)(H,29,34)/t20-/m1/s1. The van der Waals surface area contributed by atoms with Crippen molar-refractivity contribution >= 4 is 29.3 Å². The molecule has 2 aromatic carbocycles. The number of nitrogens with one attached hydrogen (secondary N) is 2. The van der Waals surface area contributed by atoms with Crippen molar-refractivity contribution in [3.8, 4) is 0 Å². The smallest absolute Gasteiger partial charge is 0.342 e. The third-order valence-corrected chi connectivity index (χ3v) is 6.21. The highest BCUT2D eigenvalue weighted by molar-refractivity contribution is 7.99. The summed E-state index contributed by atoms with van der Waals surface area (Å²) in [6, 6.07) is 11.3. The average molecular weight is 506 g/mol. The predicted octanol–water partition coefficient (Wildman–Crippen LogP) is 5.00. The van der Waals surface area contributed by atoms with E-state index < -0.39 is 23.7 Å². The van der Waals surface area contributed by atoms with Gasteiger partial charge in [0.1, 0.15) is 0 Å². The molecule has 0 fully saturated rings. The van der Waals surface area contributed by atoms with Gasteiger partial charge in [-0.1, -0.05) is 49.4 Å². The number of nitrogens with zero attached hydrogens (tertiary/aromatic N) is 3. The van der Waals surface area contributed by atoms with Crippen LogP contribution in [0.3, 0.4) is 0 Å². The van der Waals surface area contributed by atoms with Crippen molar-refractivity contribution in [2.75, 3.05) is 11.1 Å². The highest BCUT2D eigenvalue weighted by Gasteiger charge is 2.30. The van der Waals surface area contributed by atoms with Crippen LogP contribution in [0.15, 0.2) is 53.7 Å². The normalized spacial score (nSPS) is 12.5. The van der Waals surface area contributed by atoms with Gasteiger partial charge in [-0.05, 0) is 43.2 Å². The molecule has 2 N–H and O–H groups in total. The molecule has 0 spiro atoms. The van der Waals surface area contributed by atoms with Crippen LogP contribution in [0.5, 0.6) is 0 Å². The lowest BCUT2D eigenvalue weighted by molar-refractivity contribution is -0.137. The monoisotopic (exact) mass is 505 g/mol. The predicted molar refractivity (Wildman–Crippen MR) is 128 cm³/mol. The molecule has 0 aliphatic carbocycles. The summed E-state index contributed by atoms with van der Waals surface area (Å²) in [5, 5.41) is 14.3. The Morgan fingerprint density at radius 3 is 2.46 bits per heavy atom. The Bertz CT molecular complexity index is 1210. The van der Waals surface area contributed by atoms with Gasteiger partial charge in [0.15, 0.2) is 11.0 Å². The number of aromatic nitrogens is 3. The maximum atomic E-state index is 12.9. The lowest BCUT2D eigenvalue weighted by Crippen LogP contribution is -2.33. The van der Waals surface area contributed by atoms with Gasteiger partial charge in [0, 0.05) is 18.3 Å². The number of benzene rings is 2. The minimum absolute atomic E-state index is 0.00807. The zero-order valence-electron chi connectivity index (χ0n) is 19.7. The molecule has 0 radical (unpaired) electrons. The van der Waals surface area contributed by atoms with Crippen molar-refractivity contribution in [2.24, 2.45) is 13.0 Å². The van der Waals surface area contributed by atoms with E-state index in [1.54, 1.807) is 23.7 Å². The molecule has 11 heteroatoms. The lowest BCUT2D eigenvalue weighted by Gasteiger charge is -2.21. The molecule has 2 amide bonds. The van der Waals surface area contributed by atoms with Crippen molar-refractivity contribution in [3.05, 3.63) is 71.0 Å². The number of carbonyl (C=O) groups is 2. The second-order valence-corrected chi connectivity index (χ2v) is 9.32. The third-order valence-electron chi connectivity index (χ3n) is 5.19. The Kier molecular flexibility index (Phi) is 8.21. The number of aryl methyl sites for hydroxylation is 1. The molecular formula is C24H26F3N5O2S. The molecular weight excluding hydrogens is 479 g/mol. The summed E-state index contributed by atoms with van der Waals surface area (Å²) >= 11 is 1.09. The molecule has 0 bridgehead atoms. The summed E-state index contributed by atoms with van der Waals surface area (Å²) in [6.45, 7) is 5.81. The Labute approximate surface area is 205 Å². The summed E-state index contributed by atoms with van der Waals surface area (Å²) < 4.78 is 40.3. The van der Waals surface area contributed by atoms with Crippen LogP contribution in [0.25, 0.3) is 0 Å². The summed E-state index contributed by atoms with van der Waals surface area (Å²) in [6.07, 6.45) is -4.49. The molecule has 0 saturated heterocycles. The van der Waals surface area contributed by atoms with Crippen LogP contribution in [-0.4, -0.2) is 32.3 Å². The van der Waals surface area contributed by atoms with E-state index in [-0.39, 0.29) is 23.3 Å². The van der Waals surface area contributed by atoms with Crippen LogP contribution >= 0.6 is 11.8 Å². The molecule has 0 unspecified atom stereocenters. The minimum Gasteiger partial charge on any atom is -0.342 e. The van der Waals surface area contributed by atoms with E-state index in [0.29, 0.717) is 16.5 Å². The Morgan fingerprint density at radius 2 is 1.80 bits per heavy atom. The van der Waals surface area contributed by atoms with Crippen molar-refractivity contribution in [3.63, 3.8) is 0 Å². The molecule has 1 aromatic heterocycles. The number of alkyl halides is 3. The van der Waals surface area contributed by atoms with Crippen LogP contribution in [-0.2, 0) is 18.0 Å². The van der Waals surface area contributed by atoms with E-state index in [2.05, 4.69) is 20.8 Å². The van der Waals surface area contributed by atoms with E-state index in [4.69, 9.17) is 0 Å². The van der Waals surface area contributed by atoms with Crippen LogP contribution in [0.2, 0.25) is 0 Å². The third kappa shape index (κ3) is 6.84. The van der Waals surface area contributed by atoms with Crippen LogP contribution in [0.4, 0.5) is 18.9 Å². The van der Waals surface area contributed by atoms with E-state index in [1.807, 2.05) is 32.9 Å². The highest BCUT2D eigenvalue weighted by atomic mass is 32.2. The average Bonchev–Trinajstić information content (AvgIpc) is 3.15. The van der Waals surface area contributed by atoms with Crippen molar-refractivity contribution in [1.29, 1.82) is 0 Å². The van der Waals surface area contributed by atoms with Crippen LogP contribution < -0.4 is 10.6 Å². The number of hydrogen-bond acceptors (Lipinski definition) is 5. The molecule has 0 aliphatic rings. The molecule has 0 aliphatic heterocycles. The highest BCUT2D eigenvalue weighted by Crippen LogP contribution is 2.31. The lowest BCUT2D eigenvalue weighted by atomic mass is 10.0. The molecule has 186 valence electrons. The van der Waals surface area contributed by atoms with Gasteiger partial charge < -0.3 is 15.2 Å². The van der Waals surface area contributed by atoms with E-state index in [1.165, 1.54) is 12.1 Å². The second-order valence-electron chi connectivity index (χ2n) is 8.38. The topological polar surface area (TPSA) is 88.9 Å². The maximum absolute atomic E-state index is 12.9. The van der Waals surface area contributed by atoms with Crippen molar-refractivity contribution in [2.45, 2.75) is 38.1 Å². The van der Waals surface area contributed by atoms with E-state index >= 15 is 0 Å². The van der Waals surface area contributed by atoms with Crippen LogP contribution in [0.1, 0.15) is 47.2 Å². The zero-order chi connectivity index (χ0) is 25.8. The number of rotatable bonds is 8. The fourth-order valence-electron chi connectivity index (χ4n) is 3.36. The van der Waals surface area contributed by atoms with E-state index in [9.17, 15) is 22.8 Å². The van der Waals surface area contributed by atoms with Gasteiger partial charge in [-0.2, -0.15) is 13.2 Å².